The number of ether oxygens (including phenoxy) is 3. The number of halogens is 1. The molecule has 0 bridgehead atoms. The standard InChI is InChI=1S/C46H52ClN11O6/c1-28-44(61)55(2)38-23-49-45(52-42(38)58(28)32-6-4-5-7-32)51-36-15-9-29(20-40(36)62-3)39(59)24-56-25-46(26-56)27-57(18-19-63-46)41-17-16-37(53-54-41)43(60)50-31-10-13-33(14-11-31)64-34-12-8-30(22-48)35(47)21-34/h8-9,12,15-17,20-21,23,28,31-33H,4-7,10-11,13-14,18-19,24-27H2,1-3H3,(H,50,60)(H,49,51,52)/t28-,31?,33?/m1/s1. The van der Waals surface area contributed by atoms with E-state index in [1.807, 2.05) is 13.0 Å². The molecule has 2 saturated heterocycles. The van der Waals surface area contributed by atoms with Gasteiger partial charge in [0.2, 0.25) is 11.9 Å². The number of benzene rings is 2. The van der Waals surface area contributed by atoms with Crippen LogP contribution >= 0.6 is 11.6 Å². The Hall–Kier alpha value is -6.09. The van der Waals surface area contributed by atoms with Crippen molar-refractivity contribution in [1.82, 2.24) is 30.4 Å². The van der Waals surface area contributed by atoms with Crippen molar-refractivity contribution in [1.29, 1.82) is 5.26 Å². The third-order valence-electron chi connectivity index (χ3n) is 13.2. The number of morpholine rings is 1. The molecule has 17 nitrogen and oxygen atoms in total. The summed E-state index contributed by atoms with van der Waals surface area (Å²) in [6.45, 7) is 5.05. The molecule has 0 unspecified atom stereocenters. The number of likely N-dealkylation sites (N-methyl/N-ethyl adjacent to an activating group) is 1. The molecular formula is C46H52ClN11O6. The molecule has 5 aliphatic rings. The Kier molecular flexibility index (Phi) is 12.3. The quantitative estimate of drug-likeness (QED) is 0.168. The summed E-state index contributed by atoms with van der Waals surface area (Å²) in [5, 5.41) is 24.6. The fraction of sp³-hybridized carbons (Fsp3) is 0.478. The molecule has 334 valence electrons. The first-order chi connectivity index (χ1) is 31.0. The van der Waals surface area contributed by atoms with Gasteiger partial charge in [0.15, 0.2) is 23.1 Å². The molecule has 3 aliphatic heterocycles. The van der Waals surface area contributed by atoms with E-state index in [1.165, 1.54) is 0 Å². The van der Waals surface area contributed by atoms with Gasteiger partial charge in [-0.15, -0.1) is 10.2 Å². The number of hydrogen-bond acceptors (Lipinski definition) is 15. The maximum atomic E-state index is 13.6. The Bertz CT molecular complexity index is 2450. The number of hydrogen-bond donors (Lipinski definition) is 2. The average molecular weight is 890 g/mol. The monoisotopic (exact) mass is 889 g/mol. The van der Waals surface area contributed by atoms with Gasteiger partial charge in [-0.3, -0.25) is 19.3 Å². The van der Waals surface area contributed by atoms with Crippen LogP contribution in [0.4, 0.5) is 29.0 Å². The lowest BCUT2D eigenvalue weighted by Gasteiger charge is -2.53. The molecule has 0 radical (unpaired) electrons. The number of Topliss-reactive ketones (excluding diaryl/α,β-unsaturated/α-hetero) is 1. The third-order valence-corrected chi connectivity index (χ3v) is 13.5. The molecule has 2 aromatic heterocycles. The average Bonchev–Trinajstić information content (AvgIpc) is 3.83. The minimum Gasteiger partial charge on any atom is -0.495 e. The zero-order valence-corrected chi connectivity index (χ0v) is 37.0. The zero-order chi connectivity index (χ0) is 44.5. The number of amides is 2. The normalized spacial score (nSPS) is 22.1. The van der Waals surface area contributed by atoms with Crippen molar-refractivity contribution in [2.24, 2.45) is 0 Å². The van der Waals surface area contributed by atoms with Crippen LogP contribution < -0.4 is 34.8 Å². The zero-order valence-electron chi connectivity index (χ0n) is 36.3. The van der Waals surface area contributed by atoms with Crippen molar-refractivity contribution in [2.75, 3.05) is 73.5 Å². The van der Waals surface area contributed by atoms with Gasteiger partial charge in [-0.25, -0.2) is 4.98 Å². The highest BCUT2D eigenvalue weighted by molar-refractivity contribution is 6.31. The lowest BCUT2D eigenvalue weighted by atomic mass is 9.91. The molecule has 4 aromatic rings. The molecule has 4 fully saturated rings. The summed E-state index contributed by atoms with van der Waals surface area (Å²) < 4.78 is 18.1. The molecule has 9 rings (SSSR count). The largest absolute Gasteiger partial charge is 0.495 e. The van der Waals surface area contributed by atoms with Crippen LogP contribution in [0.1, 0.15) is 84.7 Å². The highest BCUT2D eigenvalue weighted by atomic mass is 35.5. The molecule has 2 aromatic carbocycles. The summed E-state index contributed by atoms with van der Waals surface area (Å²) >= 11 is 6.16. The second-order valence-corrected chi connectivity index (χ2v) is 17.9. The van der Waals surface area contributed by atoms with Crippen molar-refractivity contribution < 1.29 is 28.6 Å². The van der Waals surface area contributed by atoms with Gasteiger partial charge < -0.3 is 39.5 Å². The van der Waals surface area contributed by atoms with E-state index in [0.717, 1.165) is 57.2 Å². The van der Waals surface area contributed by atoms with E-state index in [0.29, 0.717) is 83.6 Å². The Balaban J connectivity index is 0.754. The van der Waals surface area contributed by atoms with Crippen molar-refractivity contribution in [3.63, 3.8) is 0 Å². The van der Waals surface area contributed by atoms with Gasteiger partial charge in [-0.1, -0.05) is 24.4 Å². The van der Waals surface area contributed by atoms with Gasteiger partial charge in [0.05, 0.1) is 55.4 Å². The lowest BCUT2D eigenvalue weighted by Crippen LogP contribution is -2.70. The minimum atomic E-state index is -0.446. The van der Waals surface area contributed by atoms with Crippen molar-refractivity contribution in [2.45, 2.75) is 88.1 Å². The molecule has 5 heterocycles. The summed E-state index contributed by atoms with van der Waals surface area (Å²) in [6, 6.07) is 15.9. The summed E-state index contributed by atoms with van der Waals surface area (Å²) in [4.78, 5) is 57.2. The molecule has 2 aliphatic carbocycles. The van der Waals surface area contributed by atoms with Crippen molar-refractivity contribution in [3.05, 3.63) is 76.6 Å². The highest BCUT2D eigenvalue weighted by Gasteiger charge is 2.48. The van der Waals surface area contributed by atoms with Crippen LogP contribution in [0.15, 0.2) is 54.7 Å². The van der Waals surface area contributed by atoms with Gasteiger partial charge in [-0.2, -0.15) is 10.2 Å². The van der Waals surface area contributed by atoms with Crippen LogP contribution in [0.3, 0.4) is 0 Å². The topological polar surface area (TPSA) is 191 Å². The van der Waals surface area contributed by atoms with Crippen LogP contribution in [-0.4, -0.2) is 126 Å². The molecule has 18 heteroatoms. The maximum absolute atomic E-state index is 13.6. The van der Waals surface area contributed by atoms with Crippen LogP contribution in [-0.2, 0) is 9.53 Å². The number of nitrogens with one attached hydrogen (secondary N) is 2. The van der Waals surface area contributed by atoms with E-state index < -0.39 is 5.60 Å². The Morgan fingerprint density at radius 2 is 1.81 bits per heavy atom. The van der Waals surface area contributed by atoms with Crippen LogP contribution in [0.25, 0.3) is 0 Å². The first-order valence-corrected chi connectivity index (χ1v) is 22.4. The molecule has 2 amide bonds. The minimum absolute atomic E-state index is 0.000151. The number of carbonyl (C=O) groups excluding carboxylic acids is 3. The SMILES string of the molecule is COc1cc(C(=O)CN2CC3(C2)CN(c2ccc(C(=O)NC4CCC(Oc5ccc(C#N)c(Cl)c5)CC4)nn2)CCO3)ccc1Nc1ncc2c(n1)N(C1CCCC1)[C@H](C)C(=O)N2C. The fourth-order valence-corrected chi connectivity index (χ4v) is 9.99. The van der Waals surface area contributed by atoms with Crippen LogP contribution in [0.5, 0.6) is 11.5 Å². The maximum Gasteiger partial charge on any atom is 0.272 e. The van der Waals surface area contributed by atoms with E-state index in [4.69, 9.17) is 36.1 Å². The number of fused-ring (bicyclic) bond motifs is 1. The van der Waals surface area contributed by atoms with Crippen LogP contribution in [0, 0.1) is 11.3 Å². The molecule has 2 saturated carbocycles. The fourth-order valence-electron chi connectivity index (χ4n) is 9.77. The van der Waals surface area contributed by atoms with E-state index in [9.17, 15) is 14.4 Å². The second-order valence-electron chi connectivity index (χ2n) is 17.5. The predicted octanol–water partition coefficient (Wildman–Crippen LogP) is 5.55. The summed E-state index contributed by atoms with van der Waals surface area (Å²) in [6.07, 6.45) is 9.07. The molecule has 64 heavy (non-hydrogen) atoms. The Labute approximate surface area is 377 Å². The number of rotatable bonds is 12. The van der Waals surface area contributed by atoms with E-state index in [2.05, 4.69) is 46.6 Å². The number of methoxy groups -OCH3 is 1. The molecular weight excluding hydrogens is 838 g/mol. The lowest BCUT2D eigenvalue weighted by molar-refractivity contribution is -0.145. The van der Waals surface area contributed by atoms with Gasteiger partial charge in [-0.05, 0) is 87.9 Å². The first-order valence-electron chi connectivity index (χ1n) is 22.0. The smallest absolute Gasteiger partial charge is 0.272 e. The van der Waals surface area contributed by atoms with Gasteiger partial charge in [0, 0.05) is 50.4 Å². The van der Waals surface area contributed by atoms with Gasteiger partial charge >= 0.3 is 0 Å². The van der Waals surface area contributed by atoms with Gasteiger partial charge in [0.25, 0.3) is 5.91 Å². The van der Waals surface area contributed by atoms with Gasteiger partial charge in [0.1, 0.15) is 34.9 Å². The number of carbonyl (C=O) groups is 3. The first kappa shape index (κ1) is 43.2. The Morgan fingerprint density at radius 3 is 2.53 bits per heavy atom. The third kappa shape index (κ3) is 8.86. The summed E-state index contributed by atoms with van der Waals surface area (Å²) in [7, 11) is 3.33. The summed E-state index contributed by atoms with van der Waals surface area (Å²) in [5.74, 6) is 2.61. The number of ketones is 1. The summed E-state index contributed by atoms with van der Waals surface area (Å²) in [5.41, 5.74) is 2.04. The second kappa shape index (κ2) is 18.2. The predicted molar refractivity (Wildman–Crippen MR) is 240 cm³/mol. The number of nitrogens with zero attached hydrogens (tertiary/aromatic N) is 9. The number of aromatic nitrogens is 4. The van der Waals surface area contributed by atoms with Crippen LogP contribution in [0.2, 0.25) is 5.02 Å². The van der Waals surface area contributed by atoms with E-state index in [1.54, 1.807) is 67.7 Å². The van der Waals surface area contributed by atoms with Crippen molar-refractivity contribution in [3.8, 4) is 17.6 Å². The highest BCUT2D eigenvalue weighted by Crippen LogP contribution is 2.40. The molecule has 1 spiro atoms. The number of anilines is 5. The Morgan fingerprint density at radius 1 is 1.02 bits per heavy atom. The number of nitriles is 1. The van der Waals surface area contributed by atoms with E-state index in [-0.39, 0.29) is 54.1 Å². The number of likely N-dealkylation sites (tertiary alicyclic amines) is 1. The molecule has 2 N–H and O–H groups in total. The molecule has 1 atom stereocenters. The van der Waals surface area contributed by atoms with Crippen molar-refractivity contribution >= 4 is 58.2 Å². The van der Waals surface area contributed by atoms with E-state index >= 15 is 0 Å².